The zero-order valence-electron chi connectivity index (χ0n) is 20.6. The second kappa shape index (κ2) is 11.2. The molecule has 0 radical (unpaired) electrons. The molecule has 2 atom stereocenters. The minimum atomic E-state index is -5.13. The lowest BCUT2D eigenvalue weighted by molar-refractivity contribution is -0.140. The lowest BCUT2D eigenvalue weighted by Gasteiger charge is -2.31. The van der Waals surface area contributed by atoms with Gasteiger partial charge in [0.2, 0.25) is 0 Å². The standard InChI is InChI=1S/C27H24F8N2O2/c1-25(2,39)18-10-17(11-19(28)13-18)22(15-6-4-3-5-7-15)23(37-24(38)36-14-26(30,31)32)16-8-9-21(29)20(12-16)27(33,34)35/h3-13,22-23,39H,14H2,1-2H3,(H2,36,37,38)/t22?,23-/m0/s1. The maximum absolute atomic E-state index is 14.8. The summed E-state index contributed by atoms with van der Waals surface area (Å²) in [5.41, 5.74) is -3.01. The number of carbonyl (C=O) groups excluding carboxylic acids is 1. The predicted octanol–water partition coefficient (Wildman–Crippen LogP) is 6.95. The molecule has 39 heavy (non-hydrogen) atoms. The summed E-state index contributed by atoms with van der Waals surface area (Å²) in [6.45, 7) is 1.01. The maximum Gasteiger partial charge on any atom is 0.419 e. The SMILES string of the molecule is CC(C)(O)c1cc(F)cc(C(c2ccccc2)[C@@H](NC(=O)NCC(F)(F)F)c2ccc(F)c(C(F)(F)F)c2)c1. The van der Waals surface area contributed by atoms with Gasteiger partial charge in [-0.05, 0) is 60.4 Å². The molecule has 1 unspecified atom stereocenters. The number of hydrogen-bond donors (Lipinski definition) is 3. The quantitative estimate of drug-likeness (QED) is 0.274. The Balaban J connectivity index is 2.25. The van der Waals surface area contributed by atoms with Crippen molar-refractivity contribution in [2.75, 3.05) is 6.54 Å². The number of urea groups is 1. The topological polar surface area (TPSA) is 61.4 Å². The van der Waals surface area contributed by atoms with Gasteiger partial charge in [-0.2, -0.15) is 26.3 Å². The van der Waals surface area contributed by atoms with E-state index in [9.17, 15) is 45.0 Å². The van der Waals surface area contributed by atoms with E-state index in [2.05, 4.69) is 5.32 Å². The minimum Gasteiger partial charge on any atom is -0.386 e. The van der Waals surface area contributed by atoms with Crippen LogP contribution in [0.25, 0.3) is 0 Å². The highest BCUT2D eigenvalue weighted by Gasteiger charge is 2.37. The fourth-order valence-corrected chi connectivity index (χ4v) is 4.07. The summed E-state index contributed by atoms with van der Waals surface area (Å²) in [5.74, 6) is -3.61. The predicted molar refractivity (Wildman–Crippen MR) is 127 cm³/mol. The molecule has 3 N–H and O–H groups in total. The Kier molecular flexibility index (Phi) is 8.59. The van der Waals surface area contributed by atoms with Crippen molar-refractivity contribution in [1.82, 2.24) is 10.6 Å². The van der Waals surface area contributed by atoms with E-state index in [1.54, 1.807) is 23.5 Å². The average Bonchev–Trinajstić information content (AvgIpc) is 2.81. The molecule has 0 aliphatic heterocycles. The lowest BCUT2D eigenvalue weighted by atomic mass is 9.80. The summed E-state index contributed by atoms with van der Waals surface area (Å²) in [6, 6.07) is 10.2. The third-order valence-corrected chi connectivity index (χ3v) is 5.87. The molecular weight excluding hydrogens is 536 g/mol. The number of halogens is 8. The van der Waals surface area contributed by atoms with Gasteiger partial charge in [-0.25, -0.2) is 13.6 Å². The Bertz CT molecular complexity index is 1300. The Morgan fingerprint density at radius 3 is 2.05 bits per heavy atom. The molecule has 0 fully saturated rings. The summed E-state index contributed by atoms with van der Waals surface area (Å²) >= 11 is 0. The van der Waals surface area contributed by atoms with Crippen LogP contribution in [0, 0.1) is 11.6 Å². The fourth-order valence-electron chi connectivity index (χ4n) is 4.07. The smallest absolute Gasteiger partial charge is 0.386 e. The number of hydrogen-bond acceptors (Lipinski definition) is 2. The van der Waals surface area contributed by atoms with Gasteiger partial charge in [0.05, 0.1) is 17.2 Å². The van der Waals surface area contributed by atoms with Gasteiger partial charge in [-0.15, -0.1) is 0 Å². The van der Waals surface area contributed by atoms with E-state index in [-0.39, 0.29) is 16.7 Å². The Hall–Kier alpha value is -3.67. The number of nitrogens with one attached hydrogen (secondary N) is 2. The Morgan fingerprint density at radius 1 is 0.846 bits per heavy atom. The van der Waals surface area contributed by atoms with Gasteiger partial charge in [0.15, 0.2) is 0 Å². The zero-order valence-corrected chi connectivity index (χ0v) is 20.6. The van der Waals surface area contributed by atoms with Crippen LogP contribution in [0.15, 0.2) is 66.7 Å². The van der Waals surface area contributed by atoms with Crippen molar-refractivity contribution >= 4 is 6.03 Å². The first-order valence-electron chi connectivity index (χ1n) is 11.5. The van der Waals surface area contributed by atoms with Crippen molar-refractivity contribution in [3.8, 4) is 0 Å². The van der Waals surface area contributed by atoms with Crippen LogP contribution in [-0.2, 0) is 11.8 Å². The number of carbonyl (C=O) groups is 1. The van der Waals surface area contributed by atoms with Crippen molar-refractivity contribution in [3.63, 3.8) is 0 Å². The van der Waals surface area contributed by atoms with E-state index in [1.807, 2.05) is 0 Å². The first-order valence-corrected chi connectivity index (χ1v) is 11.5. The molecule has 0 saturated heterocycles. The molecule has 3 aromatic carbocycles. The zero-order chi connectivity index (χ0) is 29.2. The van der Waals surface area contributed by atoms with E-state index in [0.717, 1.165) is 18.2 Å². The molecule has 3 rings (SSSR count). The molecule has 210 valence electrons. The molecular formula is C27H24F8N2O2. The van der Waals surface area contributed by atoms with Gasteiger partial charge in [0.25, 0.3) is 0 Å². The maximum atomic E-state index is 14.8. The highest BCUT2D eigenvalue weighted by molar-refractivity contribution is 5.75. The molecule has 0 aliphatic carbocycles. The van der Waals surface area contributed by atoms with E-state index in [0.29, 0.717) is 17.7 Å². The van der Waals surface area contributed by atoms with Gasteiger partial charge >= 0.3 is 18.4 Å². The van der Waals surface area contributed by atoms with Gasteiger partial charge in [0.1, 0.15) is 18.2 Å². The van der Waals surface area contributed by atoms with Gasteiger partial charge < -0.3 is 15.7 Å². The number of amides is 2. The largest absolute Gasteiger partial charge is 0.419 e. The van der Waals surface area contributed by atoms with Crippen LogP contribution in [0.3, 0.4) is 0 Å². The number of benzene rings is 3. The Morgan fingerprint density at radius 2 is 1.49 bits per heavy atom. The molecule has 0 spiro atoms. The summed E-state index contributed by atoms with van der Waals surface area (Å²) < 4.78 is 108. The third kappa shape index (κ3) is 7.92. The number of aliphatic hydroxyl groups is 1. The average molecular weight is 560 g/mol. The van der Waals surface area contributed by atoms with Crippen molar-refractivity contribution in [3.05, 3.63) is 106 Å². The lowest BCUT2D eigenvalue weighted by Crippen LogP contribution is -2.44. The van der Waals surface area contributed by atoms with Crippen LogP contribution in [-0.4, -0.2) is 23.9 Å². The van der Waals surface area contributed by atoms with Gasteiger partial charge in [-0.3, -0.25) is 0 Å². The van der Waals surface area contributed by atoms with E-state index in [4.69, 9.17) is 0 Å². The Labute approximate surface area is 218 Å². The van der Waals surface area contributed by atoms with Gasteiger partial charge in [-0.1, -0.05) is 42.5 Å². The van der Waals surface area contributed by atoms with Gasteiger partial charge in [0, 0.05) is 5.92 Å². The number of alkyl halides is 6. The third-order valence-electron chi connectivity index (χ3n) is 5.87. The first kappa shape index (κ1) is 29.9. The summed E-state index contributed by atoms with van der Waals surface area (Å²) in [6.07, 6.45) is -9.91. The monoisotopic (exact) mass is 560 g/mol. The van der Waals surface area contributed by atoms with Crippen LogP contribution in [0.2, 0.25) is 0 Å². The molecule has 2 amide bonds. The summed E-state index contributed by atoms with van der Waals surface area (Å²) in [5, 5.41) is 14.3. The van der Waals surface area contributed by atoms with Crippen LogP contribution in [0.5, 0.6) is 0 Å². The highest BCUT2D eigenvalue weighted by Crippen LogP contribution is 2.41. The van der Waals surface area contributed by atoms with Crippen LogP contribution >= 0.6 is 0 Å². The molecule has 0 saturated carbocycles. The summed E-state index contributed by atoms with van der Waals surface area (Å²) in [4.78, 5) is 12.5. The van der Waals surface area contributed by atoms with Crippen LogP contribution < -0.4 is 10.6 Å². The van der Waals surface area contributed by atoms with Crippen molar-refractivity contribution < 1.29 is 45.0 Å². The molecule has 0 bridgehead atoms. The first-order chi connectivity index (χ1) is 18.0. The van der Waals surface area contributed by atoms with Crippen LogP contribution in [0.4, 0.5) is 39.9 Å². The second-order valence-electron chi connectivity index (χ2n) is 9.38. The van der Waals surface area contributed by atoms with Crippen molar-refractivity contribution in [2.24, 2.45) is 0 Å². The fraction of sp³-hybridized carbons (Fsp3) is 0.296. The van der Waals surface area contributed by atoms with E-state index >= 15 is 0 Å². The minimum absolute atomic E-state index is 0.0809. The van der Waals surface area contributed by atoms with Crippen molar-refractivity contribution in [2.45, 2.75) is 43.8 Å². The molecule has 0 heterocycles. The van der Waals surface area contributed by atoms with Crippen LogP contribution in [0.1, 0.15) is 53.6 Å². The van der Waals surface area contributed by atoms with E-state index < -0.39 is 59.7 Å². The molecule has 3 aromatic rings. The van der Waals surface area contributed by atoms with Crippen molar-refractivity contribution in [1.29, 1.82) is 0 Å². The highest BCUT2D eigenvalue weighted by atomic mass is 19.4. The molecule has 0 aliphatic rings. The molecule has 0 aromatic heterocycles. The molecule has 12 heteroatoms. The normalized spacial score (nSPS) is 14.0. The summed E-state index contributed by atoms with van der Waals surface area (Å²) in [7, 11) is 0. The number of rotatable bonds is 7. The second-order valence-corrected chi connectivity index (χ2v) is 9.38. The van der Waals surface area contributed by atoms with E-state index in [1.165, 1.54) is 32.0 Å². The molecule has 4 nitrogen and oxygen atoms in total.